The summed E-state index contributed by atoms with van der Waals surface area (Å²) in [6.45, 7) is 3.35. The first kappa shape index (κ1) is 21.1. The van der Waals surface area contributed by atoms with Gasteiger partial charge in [-0.15, -0.1) is 0 Å². The van der Waals surface area contributed by atoms with E-state index < -0.39 is 0 Å². The van der Waals surface area contributed by atoms with Crippen LogP contribution in [0.1, 0.15) is 42.0 Å². The number of nitrogens with zero attached hydrogens (tertiary/aromatic N) is 1. The molecule has 0 heterocycles. The zero-order valence-corrected chi connectivity index (χ0v) is 17.9. The van der Waals surface area contributed by atoms with Crippen molar-refractivity contribution in [3.8, 4) is 0 Å². The molecule has 0 aliphatic rings. The highest BCUT2D eigenvalue weighted by Gasteiger charge is 2.13. The van der Waals surface area contributed by atoms with Crippen molar-refractivity contribution in [1.29, 1.82) is 0 Å². The summed E-state index contributed by atoms with van der Waals surface area (Å²) in [5.74, 6) is 0. The highest BCUT2D eigenvalue weighted by atomic mass is 15.0. The van der Waals surface area contributed by atoms with Gasteiger partial charge in [0.05, 0.1) is 0 Å². The van der Waals surface area contributed by atoms with Crippen molar-refractivity contribution < 1.29 is 0 Å². The lowest BCUT2D eigenvalue weighted by molar-refractivity contribution is 0.400. The van der Waals surface area contributed by atoms with Gasteiger partial charge in [-0.3, -0.25) is 0 Å². The lowest BCUT2D eigenvalue weighted by atomic mass is 9.86. The molecule has 0 amide bonds. The molecular formula is C27H30BN. The van der Waals surface area contributed by atoms with E-state index in [1.807, 2.05) is 12.1 Å². The maximum Gasteiger partial charge on any atom is 0.113 e. The van der Waals surface area contributed by atoms with Crippen LogP contribution in [0.25, 0.3) is 11.1 Å². The van der Waals surface area contributed by atoms with E-state index in [0.29, 0.717) is 0 Å². The van der Waals surface area contributed by atoms with Crippen LogP contribution >= 0.6 is 0 Å². The number of rotatable bonds is 8. The van der Waals surface area contributed by atoms with E-state index in [0.717, 1.165) is 24.8 Å². The average Bonchev–Trinajstić information content (AvgIpc) is 2.74. The van der Waals surface area contributed by atoms with Gasteiger partial charge in [0.1, 0.15) is 7.85 Å². The minimum atomic E-state index is 0.794. The zero-order chi connectivity index (χ0) is 20.6. The smallest absolute Gasteiger partial charge is 0.113 e. The average molecular weight is 379 g/mol. The fourth-order valence-corrected chi connectivity index (χ4v) is 3.77. The van der Waals surface area contributed by atoms with Gasteiger partial charge < -0.3 is 4.90 Å². The van der Waals surface area contributed by atoms with Crippen molar-refractivity contribution in [2.75, 3.05) is 20.6 Å². The molecule has 0 spiro atoms. The van der Waals surface area contributed by atoms with Crippen LogP contribution in [0.5, 0.6) is 0 Å². The molecule has 0 aliphatic carbocycles. The zero-order valence-electron chi connectivity index (χ0n) is 17.9. The standard InChI is InChI=1S/C27H30BN/c1-4-26(22-10-6-5-7-11-22)27(24-16-18-25(28)19-17-24)23-14-12-21(13-15-23)9-8-20-29(2)3/h5-7,10-19H,4,8-9,20H2,1-3H3/b27-26+. The first-order valence-corrected chi connectivity index (χ1v) is 10.5. The number of allylic oxidation sites excluding steroid dienone is 1. The first-order valence-electron chi connectivity index (χ1n) is 10.5. The fraction of sp³-hybridized carbons (Fsp3) is 0.259. The molecule has 3 aromatic carbocycles. The van der Waals surface area contributed by atoms with Gasteiger partial charge in [0, 0.05) is 0 Å². The predicted molar refractivity (Wildman–Crippen MR) is 128 cm³/mol. The molecule has 0 aromatic heterocycles. The maximum atomic E-state index is 5.95. The minimum absolute atomic E-state index is 0.794. The highest BCUT2D eigenvalue weighted by molar-refractivity contribution is 6.32. The second kappa shape index (κ2) is 10.3. The highest BCUT2D eigenvalue weighted by Crippen LogP contribution is 2.34. The lowest BCUT2D eigenvalue weighted by Crippen LogP contribution is -2.13. The first-order chi connectivity index (χ1) is 14.1. The third-order valence-electron chi connectivity index (χ3n) is 5.29. The van der Waals surface area contributed by atoms with Crippen molar-refractivity contribution in [1.82, 2.24) is 4.90 Å². The van der Waals surface area contributed by atoms with Gasteiger partial charge in [0.25, 0.3) is 0 Å². The van der Waals surface area contributed by atoms with Gasteiger partial charge in [-0.05, 0) is 73.3 Å². The Bertz CT molecular complexity index is 923. The Balaban J connectivity index is 2.02. The molecule has 3 aromatic rings. The lowest BCUT2D eigenvalue weighted by Gasteiger charge is -2.17. The van der Waals surface area contributed by atoms with E-state index in [9.17, 15) is 0 Å². The second-order valence-electron chi connectivity index (χ2n) is 7.80. The van der Waals surface area contributed by atoms with Gasteiger partial charge in [-0.25, -0.2) is 0 Å². The quantitative estimate of drug-likeness (QED) is 0.377. The molecule has 0 N–H and O–H groups in total. The molecule has 146 valence electrons. The largest absolute Gasteiger partial charge is 0.309 e. The maximum absolute atomic E-state index is 5.95. The van der Waals surface area contributed by atoms with Crippen molar-refractivity contribution >= 4 is 24.5 Å². The summed E-state index contributed by atoms with van der Waals surface area (Å²) in [5, 5.41) is 0. The molecule has 2 radical (unpaired) electrons. The third-order valence-corrected chi connectivity index (χ3v) is 5.29. The summed E-state index contributed by atoms with van der Waals surface area (Å²) in [6, 6.07) is 28.0. The van der Waals surface area contributed by atoms with Crippen molar-refractivity contribution in [2.45, 2.75) is 26.2 Å². The van der Waals surface area contributed by atoms with E-state index in [-0.39, 0.29) is 0 Å². The Labute approximate surface area is 177 Å². The summed E-state index contributed by atoms with van der Waals surface area (Å²) >= 11 is 0. The molecule has 0 saturated heterocycles. The number of hydrogen-bond acceptors (Lipinski definition) is 1. The molecule has 0 bridgehead atoms. The van der Waals surface area contributed by atoms with Crippen LogP contribution in [0, 0.1) is 0 Å². The molecule has 0 saturated carbocycles. The van der Waals surface area contributed by atoms with Crippen LogP contribution in [0.3, 0.4) is 0 Å². The molecule has 3 rings (SSSR count). The Kier molecular flexibility index (Phi) is 7.49. The van der Waals surface area contributed by atoms with Crippen LogP contribution in [0.15, 0.2) is 78.9 Å². The van der Waals surface area contributed by atoms with Crippen LogP contribution < -0.4 is 5.46 Å². The van der Waals surface area contributed by atoms with Crippen molar-refractivity contribution in [3.63, 3.8) is 0 Å². The van der Waals surface area contributed by atoms with Gasteiger partial charge in [0.15, 0.2) is 0 Å². The van der Waals surface area contributed by atoms with Crippen LogP contribution in [-0.4, -0.2) is 33.4 Å². The molecule has 1 nitrogen and oxygen atoms in total. The van der Waals surface area contributed by atoms with E-state index >= 15 is 0 Å². The van der Waals surface area contributed by atoms with Crippen LogP contribution in [0.4, 0.5) is 0 Å². The second-order valence-corrected chi connectivity index (χ2v) is 7.80. The summed E-state index contributed by atoms with van der Waals surface area (Å²) in [7, 11) is 10.2. The molecule has 2 heteroatoms. The Morgan fingerprint density at radius 2 is 1.34 bits per heavy atom. The molecule has 0 atom stereocenters. The van der Waals surface area contributed by atoms with Crippen molar-refractivity contribution in [2.24, 2.45) is 0 Å². The van der Waals surface area contributed by atoms with E-state index in [4.69, 9.17) is 7.85 Å². The molecule has 29 heavy (non-hydrogen) atoms. The fourth-order valence-electron chi connectivity index (χ4n) is 3.77. The summed E-state index contributed by atoms with van der Waals surface area (Å²) < 4.78 is 0. The predicted octanol–water partition coefficient (Wildman–Crippen LogP) is 5.34. The van der Waals surface area contributed by atoms with Crippen molar-refractivity contribution in [3.05, 3.63) is 101 Å². The summed E-state index contributed by atoms with van der Waals surface area (Å²) in [6.07, 6.45) is 3.25. The number of hydrogen-bond donors (Lipinski definition) is 0. The van der Waals surface area contributed by atoms with E-state index in [1.54, 1.807) is 0 Å². The Morgan fingerprint density at radius 3 is 1.90 bits per heavy atom. The van der Waals surface area contributed by atoms with E-state index in [1.165, 1.54) is 39.8 Å². The molecule has 0 fully saturated rings. The minimum Gasteiger partial charge on any atom is -0.309 e. The van der Waals surface area contributed by atoms with E-state index in [2.05, 4.69) is 92.6 Å². The molecular weight excluding hydrogens is 349 g/mol. The number of benzene rings is 3. The summed E-state index contributed by atoms with van der Waals surface area (Å²) in [5.41, 5.74) is 8.57. The van der Waals surface area contributed by atoms with Gasteiger partial charge in [-0.2, -0.15) is 0 Å². The molecule has 0 aliphatic heterocycles. The third kappa shape index (κ3) is 5.71. The van der Waals surface area contributed by atoms with Crippen LogP contribution in [-0.2, 0) is 6.42 Å². The van der Waals surface area contributed by atoms with Crippen LogP contribution in [0.2, 0.25) is 0 Å². The Hall–Kier alpha value is -2.58. The van der Waals surface area contributed by atoms with Gasteiger partial charge in [0.2, 0.25) is 0 Å². The Morgan fingerprint density at radius 1 is 0.759 bits per heavy atom. The monoisotopic (exact) mass is 379 g/mol. The normalized spacial score (nSPS) is 12.1. The topological polar surface area (TPSA) is 3.24 Å². The number of aryl methyl sites for hydroxylation is 1. The van der Waals surface area contributed by atoms with Gasteiger partial charge >= 0.3 is 0 Å². The summed E-state index contributed by atoms with van der Waals surface area (Å²) in [4.78, 5) is 2.24. The SMILES string of the molecule is [B]c1ccc(/C(=C(\CC)c2ccccc2)c2ccc(CCCN(C)C)cc2)cc1. The van der Waals surface area contributed by atoms with Gasteiger partial charge in [-0.1, -0.05) is 91.2 Å². The molecule has 0 unspecified atom stereocenters.